The lowest BCUT2D eigenvalue weighted by Gasteiger charge is -2.31. The molecule has 148 valence electrons. The lowest BCUT2D eigenvalue weighted by Crippen LogP contribution is -2.37. The van der Waals surface area contributed by atoms with Crippen LogP contribution in [0.5, 0.6) is 0 Å². The molecule has 1 amide bonds. The summed E-state index contributed by atoms with van der Waals surface area (Å²) in [5.41, 5.74) is 2.38. The zero-order valence-corrected chi connectivity index (χ0v) is 17.9. The van der Waals surface area contributed by atoms with Gasteiger partial charge in [0, 0.05) is 47.2 Å². The van der Waals surface area contributed by atoms with Gasteiger partial charge < -0.3 is 14.5 Å². The number of ether oxygens (including phenoxy) is 1. The van der Waals surface area contributed by atoms with E-state index in [4.69, 9.17) is 4.74 Å². The molecule has 1 aliphatic heterocycles. The Hall–Kier alpha value is -2.41. The van der Waals surface area contributed by atoms with Crippen molar-refractivity contribution < 1.29 is 9.53 Å². The van der Waals surface area contributed by atoms with E-state index in [0.717, 1.165) is 31.2 Å². The molecule has 0 bridgehead atoms. The molecule has 0 aliphatic carbocycles. The second-order valence-corrected chi connectivity index (χ2v) is 9.43. The predicted octanol–water partition coefficient (Wildman–Crippen LogP) is 5.22. The van der Waals surface area contributed by atoms with Crippen LogP contribution >= 0.6 is 22.7 Å². The summed E-state index contributed by atoms with van der Waals surface area (Å²) in [4.78, 5) is 18.1. The third kappa shape index (κ3) is 3.52. The van der Waals surface area contributed by atoms with Gasteiger partial charge in [0.1, 0.15) is 0 Å². The van der Waals surface area contributed by atoms with Gasteiger partial charge in [-0.2, -0.15) is 0 Å². The number of thiophene rings is 2. The molecule has 1 saturated heterocycles. The van der Waals surface area contributed by atoms with Crippen LogP contribution in [-0.4, -0.2) is 44.2 Å². The van der Waals surface area contributed by atoms with Crippen molar-refractivity contribution >= 4 is 53.8 Å². The smallest absolute Gasteiger partial charge is 0.264 e. The minimum atomic E-state index is 0.0826. The fourth-order valence-corrected chi connectivity index (χ4v) is 6.40. The van der Waals surface area contributed by atoms with Crippen LogP contribution in [0, 0.1) is 0 Å². The fourth-order valence-electron chi connectivity index (χ4n) is 3.88. The van der Waals surface area contributed by atoms with Crippen molar-refractivity contribution in [3.8, 4) is 0 Å². The molecule has 2 aromatic carbocycles. The number of amides is 1. The molecule has 0 saturated carbocycles. The van der Waals surface area contributed by atoms with E-state index < -0.39 is 0 Å². The van der Waals surface area contributed by atoms with Crippen LogP contribution in [0.2, 0.25) is 0 Å². The average Bonchev–Trinajstić information content (AvgIpc) is 3.32. The lowest BCUT2D eigenvalue weighted by atomic mass is 10.1. The van der Waals surface area contributed by atoms with Crippen molar-refractivity contribution in [3.63, 3.8) is 0 Å². The number of carbonyl (C=O) groups excluding carboxylic acids is 1. The first-order valence-corrected chi connectivity index (χ1v) is 11.4. The molecule has 0 radical (unpaired) electrons. The minimum Gasteiger partial charge on any atom is -0.378 e. The van der Waals surface area contributed by atoms with Crippen molar-refractivity contribution in [1.29, 1.82) is 0 Å². The van der Waals surface area contributed by atoms with Crippen LogP contribution in [0.15, 0.2) is 54.6 Å². The van der Waals surface area contributed by atoms with Crippen LogP contribution in [0.4, 0.5) is 5.69 Å². The number of anilines is 1. The Kier molecular flexibility index (Phi) is 4.99. The van der Waals surface area contributed by atoms with E-state index in [2.05, 4.69) is 53.4 Å². The van der Waals surface area contributed by atoms with E-state index >= 15 is 0 Å². The quantitative estimate of drug-likeness (QED) is 0.452. The Labute approximate surface area is 177 Å². The number of benzene rings is 2. The number of morpholine rings is 1. The summed E-state index contributed by atoms with van der Waals surface area (Å²) in [6, 6.07) is 18.8. The second kappa shape index (κ2) is 7.78. The summed E-state index contributed by atoms with van der Waals surface area (Å²) in [6.07, 6.45) is 0. The van der Waals surface area contributed by atoms with E-state index in [-0.39, 0.29) is 5.91 Å². The average molecular weight is 423 g/mol. The summed E-state index contributed by atoms with van der Waals surface area (Å²) in [6.45, 7) is 3.89. The molecule has 29 heavy (non-hydrogen) atoms. The maximum absolute atomic E-state index is 13.1. The van der Waals surface area contributed by atoms with Crippen LogP contribution in [0.25, 0.3) is 19.5 Å². The van der Waals surface area contributed by atoms with Crippen LogP contribution in [0.1, 0.15) is 15.2 Å². The van der Waals surface area contributed by atoms with Crippen LogP contribution in [-0.2, 0) is 11.3 Å². The first-order chi connectivity index (χ1) is 14.2. The highest BCUT2D eigenvalue weighted by atomic mass is 32.1. The Balaban J connectivity index is 1.39. The molecular weight excluding hydrogens is 400 g/mol. The molecule has 3 heterocycles. The summed E-state index contributed by atoms with van der Waals surface area (Å²) in [5.74, 6) is 0.0826. The normalized spacial score (nSPS) is 14.6. The molecule has 0 spiro atoms. The van der Waals surface area contributed by atoms with Gasteiger partial charge >= 0.3 is 0 Å². The molecule has 6 heteroatoms. The summed E-state index contributed by atoms with van der Waals surface area (Å²) < 4.78 is 9.18. The van der Waals surface area contributed by atoms with Crippen molar-refractivity contribution in [2.45, 2.75) is 6.54 Å². The zero-order valence-electron chi connectivity index (χ0n) is 16.3. The zero-order chi connectivity index (χ0) is 19.8. The van der Waals surface area contributed by atoms with Gasteiger partial charge in [0.2, 0.25) is 0 Å². The number of fused-ring (bicyclic) bond motifs is 3. The number of hydrogen-bond acceptors (Lipinski definition) is 5. The molecule has 0 N–H and O–H groups in total. The molecule has 1 fully saturated rings. The molecule has 0 atom stereocenters. The summed E-state index contributed by atoms with van der Waals surface area (Å²) >= 11 is 3.36. The van der Waals surface area contributed by atoms with E-state index in [9.17, 15) is 4.79 Å². The number of para-hydroxylation sites is 1. The molecular formula is C23H22N2O2S2. The van der Waals surface area contributed by atoms with Crippen molar-refractivity contribution in [3.05, 3.63) is 65.0 Å². The van der Waals surface area contributed by atoms with Gasteiger partial charge in [-0.05, 0) is 23.8 Å². The summed E-state index contributed by atoms with van der Waals surface area (Å²) in [7, 11) is 1.89. The first-order valence-electron chi connectivity index (χ1n) is 9.78. The van der Waals surface area contributed by atoms with Crippen molar-refractivity contribution in [1.82, 2.24) is 4.90 Å². The maximum Gasteiger partial charge on any atom is 0.264 e. The van der Waals surface area contributed by atoms with Gasteiger partial charge in [-0.15, -0.1) is 22.7 Å². The highest BCUT2D eigenvalue weighted by Crippen LogP contribution is 2.39. The van der Waals surface area contributed by atoms with Gasteiger partial charge in [0.15, 0.2) is 0 Å². The highest BCUT2D eigenvalue weighted by molar-refractivity contribution is 7.33. The van der Waals surface area contributed by atoms with E-state index in [0.29, 0.717) is 6.54 Å². The monoisotopic (exact) mass is 422 g/mol. The van der Waals surface area contributed by atoms with Gasteiger partial charge in [-0.3, -0.25) is 4.79 Å². The first kappa shape index (κ1) is 18.6. The largest absolute Gasteiger partial charge is 0.378 e. The van der Waals surface area contributed by atoms with Crippen LogP contribution in [0.3, 0.4) is 0 Å². The Morgan fingerprint density at radius 3 is 2.66 bits per heavy atom. The van der Waals surface area contributed by atoms with Gasteiger partial charge in [-0.1, -0.05) is 36.4 Å². The maximum atomic E-state index is 13.1. The minimum absolute atomic E-state index is 0.0826. The predicted molar refractivity (Wildman–Crippen MR) is 122 cm³/mol. The standard InChI is InChI=1S/C23H22N2O2S2/c1-24(15-16-6-2-4-8-18(16)25-10-12-27-13-11-25)23(26)21-14-20-22(29-21)17-7-3-5-9-19(17)28-20/h2-9,14H,10-13,15H2,1H3. The third-order valence-electron chi connectivity index (χ3n) is 5.36. The van der Waals surface area contributed by atoms with Crippen LogP contribution < -0.4 is 4.90 Å². The molecule has 2 aromatic heterocycles. The lowest BCUT2D eigenvalue weighted by molar-refractivity contribution is 0.0789. The summed E-state index contributed by atoms with van der Waals surface area (Å²) in [5, 5.41) is 1.25. The Bertz CT molecular complexity index is 1170. The van der Waals surface area contributed by atoms with Gasteiger partial charge in [-0.25, -0.2) is 0 Å². The molecule has 5 rings (SSSR count). The molecule has 0 unspecified atom stereocenters. The van der Waals surface area contributed by atoms with Gasteiger partial charge in [0.25, 0.3) is 5.91 Å². The fraction of sp³-hybridized carbons (Fsp3) is 0.261. The van der Waals surface area contributed by atoms with E-state index in [1.807, 2.05) is 18.0 Å². The van der Waals surface area contributed by atoms with E-state index in [1.54, 1.807) is 22.7 Å². The topological polar surface area (TPSA) is 32.8 Å². The SMILES string of the molecule is CN(Cc1ccccc1N1CCOCC1)C(=O)c1cc2sc3ccccc3c2s1. The highest BCUT2D eigenvalue weighted by Gasteiger charge is 2.20. The van der Waals surface area contributed by atoms with Crippen molar-refractivity contribution in [2.24, 2.45) is 0 Å². The Morgan fingerprint density at radius 2 is 1.79 bits per heavy atom. The van der Waals surface area contributed by atoms with Crippen molar-refractivity contribution in [2.75, 3.05) is 38.3 Å². The molecule has 1 aliphatic rings. The Morgan fingerprint density at radius 1 is 1.03 bits per heavy atom. The number of rotatable bonds is 4. The van der Waals surface area contributed by atoms with E-state index in [1.165, 1.54) is 30.7 Å². The second-order valence-electron chi connectivity index (χ2n) is 7.29. The molecule has 4 aromatic rings. The number of hydrogen-bond donors (Lipinski definition) is 0. The molecule has 4 nitrogen and oxygen atoms in total. The van der Waals surface area contributed by atoms with Gasteiger partial charge in [0.05, 0.1) is 22.8 Å². The number of nitrogens with zero attached hydrogens (tertiary/aromatic N) is 2. The third-order valence-corrected chi connectivity index (χ3v) is 7.76. The number of carbonyl (C=O) groups is 1.